The molecule has 29 heavy (non-hydrogen) atoms. The number of amides is 1. The summed E-state index contributed by atoms with van der Waals surface area (Å²) < 4.78 is 17.4. The highest BCUT2D eigenvalue weighted by Crippen LogP contribution is 2.47. The lowest BCUT2D eigenvalue weighted by atomic mass is 10.1. The van der Waals surface area contributed by atoms with Gasteiger partial charge in [0.2, 0.25) is 0 Å². The summed E-state index contributed by atoms with van der Waals surface area (Å²) in [6.07, 6.45) is 4.02. The number of benzene rings is 2. The molecule has 1 aliphatic carbocycles. The Labute approximate surface area is 168 Å². The smallest absolute Gasteiger partial charge is 0.257 e. The standard InChI is InChI=1S/C23H22N2O4/c1-14-18(11-15-5-7-17(27-2)13-19(15)24-14)22(26)25-16-6-8-20-21(12-16)29-23(28-20)9-3-4-10-23/h5-8,11-13H,3-4,9-10H2,1-2H3,(H,25,26). The Hall–Kier alpha value is -3.28. The average Bonchev–Trinajstić information content (AvgIpc) is 3.32. The molecule has 3 aromatic rings. The molecular weight excluding hydrogens is 368 g/mol. The third-order valence-electron chi connectivity index (χ3n) is 5.62. The fourth-order valence-electron chi connectivity index (χ4n) is 4.09. The van der Waals surface area contributed by atoms with Crippen LogP contribution in [0.25, 0.3) is 10.9 Å². The van der Waals surface area contributed by atoms with E-state index < -0.39 is 5.79 Å². The lowest BCUT2D eigenvalue weighted by molar-refractivity contribution is -0.0716. The zero-order chi connectivity index (χ0) is 20.0. The molecule has 2 aliphatic rings. The van der Waals surface area contributed by atoms with Crippen molar-refractivity contribution in [1.82, 2.24) is 4.98 Å². The maximum Gasteiger partial charge on any atom is 0.257 e. The van der Waals surface area contributed by atoms with Crippen molar-refractivity contribution in [3.05, 3.63) is 53.7 Å². The van der Waals surface area contributed by atoms with Gasteiger partial charge in [0.25, 0.3) is 11.7 Å². The maximum absolute atomic E-state index is 12.9. The van der Waals surface area contributed by atoms with Gasteiger partial charge in [-0.15, -0.1) is 0 Å². The highest BCUT2D eigenvalue weighted by Gasteiger charge is 2.44. The van der Waals surface area contributed by atoms with Crippen LogP contribution >= 0.6 is 0 Å². The summed E-state index contributed by atoms with van der Waals surface area (Å²) in [5, 5.41) is 3.84. The van der Waals surface area contributed by atoms with Gasteiger partial charge in [-0.3, -0.25) is 9.78 Å². The first kappa shape index (κ1) is 17.8. The summed E-state index contributed by atoms with van der Waals surface area (Å²) in [4.78, 5) is 17.5. The second kappa shape index (κ2) is 6.65. The summed E-state index contributed by atoms with van der Waals surface area (Å²) >= 11 is 0. The number of carbonyl (C=O) groups excluding carboxylic acids is 1. The summed E-state index contributed by atoms with van der Waals surface area (Å²) in [5.74, 6) is 1.45. The van der Waals surface area contributed by atoms with Crippen LogP contribution in [0.4, 0.5) is 5.69 Å². The van der Waals surface area contributed by atoms with Gasteiger partial charge in [0, 0.05) is 36.0 Å². The molecule has 2 heterocycles. The molecule has 1 aliphatic heterocycles. The van der Waals surface area contributed by atoms with Crippen molar-refractivity contribution >= 4 is 22.5 Å². The largest absolute Gasteiger partial charge is 0.497 e. The van der Waals surface area contributed by atoms with Crippen LogP contribution < -0.4 is 19.5 Å². The molecule has 1 aromatic heterocycles. The van der Waals surface area contributed by atoms with Crippen LogP contribution in [0.2, 0.25) is 0 Å². The predicted molar refractivity (Wildman–Crippen MR) is 110 cm³/mol. The summed E-state index contributed by atoms with van der Waals surface area (Å²) in [6, 6.07) is 13.0. The van der Waals surface area contributed by atoms with Gasteiger partial charge in [0.15, 0.2) is 11.5 Å². The topological polar surface area (TPSA) is 69.7 Å². The van der Waals surface area contributed by atoms with Crippen molar-refractivity contribution < 1.29 is 19.0 Å². The van der Waals surface area contributed by atoms with Gasteiger partial charge >= 0.3 is 0 Å². The van der Waals surface area contributed by atoms with E-state index in [0.29, 0.717) is 22.7 Å². The number of hydrogen-bond acceptors (Lipinski definition) is 5. The van der Waals surface area contributed by atoms with E-state index in [1.54, 1.807) is 7.11 Å². The Kier molecular flexibility index (Phi) is 4.08. The Bertz CT molecular complexity index is 1120. The number of hydrogen-bond donors (Lipinski definition) is 1. The number of nitrogens with one attached hydrogen (secondary N) is 1. The van der Waals surface area contributed by atoms with Crippen molar-refractivity contribution in [3.63, 3.8) is 0 Å². The van der Waals surface area contributed by atoms with Crippen molar-refractivity contribution in [1.29, 1.82) is 0 Å². The molecule has 148 valence electrons. The predicted octanol–water partition coefficient (Wildman–Crippen LogP) is 4.85. The number of anilines is 1. The third kappa shape index (κ3) is 3.14. The van der Waals surface area contributed by atoms with Gasteiger partial charge in [-0.1, -0.05) is 0 Å². The zero-order valence-electron chi connectivity index (χ0n) is 16.5. The molecule has 0 saturated heterocycles. The fraction of sp³-hybridized carbons (Fsp3) is 0.304. The molecule has 0 unspecified atom stereocenters. The molecule has 0 atom stereocenters. The molecule has 1 amide bonds. The van der Waals surface area contributed by atoms with E-state index >= 15 is 0 Å². The van der Waals surface area contributed by atoms with Gasteiger partial charge in [-0.25, -0.2) is 0 Å². The highest BCUT2D eigenvalue weighted by atomic mass is 16.7. The second-order valence-corrected chi connectivity index (χ2v) is 7.62. The quantitative estimate of drug-likeness (QED) is 0.693. The third-order valence-corrected chi connectivity index (χ3v) is 5.62. The first-order valence-corrected chi connectivity index (χ1v) is 9.84. The molecule has 1 N–H and O–H groups in total. The second-order valence-electron chi connectivity index (χ2n) is 7.62. The molecule has 5 rings (SSSR count). The number of carbonyl (C=O) groups is 1. The van der Waals surface area contributed by atoms with Crippen LogP contribution in [0.3, 0.4) is 0 Å². The number of nitrogens with zero attached hydrogens (tertiary/aromatic N) is 1. The molecule has 0 radical (unpaired) electrons. The summed E-state index contributed by atoms with van der Waals surface area (Å²) in [7, 11) is 1.62. The van der Waals surface area contributed by atoms with Crippen molar-refractivity contribution in [2.45, 2.75) is 38.4 Å². The number of ether oxygens (including phenoxy) is 3. The molecule has 1 saturated carbocycles. The van der Waals surface area contributed by atoms with Crippen LogP contribution in [0.5, 0.6) is 17.2 Å². The van der Waals surface area contributed by atoms with E-state index in [1.807, 2.05) is 49.4 Å². The molecule has 2 aromatic carbocycles. The number of aryl methyl sites for hydroxylation is 1. The van der Waals surface area contributed by atoms with Gasteiger partial charge < -0.3 is 19.5 Å². The van der Waals surface area contributed by atoms with E-state index in [0.717, 1.165) is 48.1 Å². The molecule has 1 fully saturated rings. The number of aromatic nitrogens is 1. The highest BCUT2D eigenvalue weighted by molar-refractivity contribution is 6.07. The molecule has 1 spiro atoms. The van der Waals surface area contributed by atoms with Crippen LogP contribution in [-0.4, -0.2) is 23.8 Å². The van der Waals surface area contributed by atoms with Crippen molar-refractivity contribution in [2.75, 3.05) is 12.4 Å². The van der Waals surface area contributed by atoms with Crippen LogP contribution in [0, 0.1) is 6.92 Å². The van der Waals surface area contributed by atoms with Crippen molar-refractivity contribution in [3.8, 4) is 17.2 Å². The average molecular weight is 390 g/mol. The van der Waals surface area contributed by atoms with Gasteiger partial charge in [0.05, 0.1) is 23.9 Å². The first-order chi connectivity index (χ1) is 14.0. The minimum absolute atomic E-state index is 0.206. The summed E-state index contributed by atoms with van der Waals surface area (Å²) in [5.41, 5.74) is 2.66. The van der Waals surface area contributed by atoms with Crippen LogP contribution in [0.15, 0.2) is 42.5 Å². The molecule has 6 nitrogen and oxygen atoms in total. The number of pyridine rings is 1. The minimum Gasteiger partial charge on any atom is -0.497 e. The zero-order valence-corrected chi connectivity index (χ0v) is 16.5. The van der Waals surface area contributed by atoms with E-state index in [-0.39, 0.29) is 5.91 Å². The van der Waals surface area contributed by atoms with Crippen molar-refractivity contribution in [2.24, 2.45) is 0 Å². The Morgan fingerprint density at radius 1 is 1.07 bits per heavy atom. The lowest BCUT2D eigenvalue weighted by Crippen LogP contribution is -2.34. The van der Waals surface area contributed by atoms with Gasteiger partial charge in [-0.05, 0) is 50.1 Å². The summed E-state index contributed by atoms with van der Waals surface area (Å²) in [6.45, 7) is 1.83. The van der Waals surface area contributed by atoms with Gasteiger partial charge in [0.1, 0.15) is 5.75 Å². The monoisotopic (exact) mass is 390 g/mol. The normalized spacial score (nSPS) is 16.3. The molecule has 6 heteroatoms. The number of rotatable bonds is 3. The molecular formula is C23H22N2O4. The Balaban J connectivity index is 1.39. The lowest BCUT2D eigenvalue weighted by Gasteiger charge is -2.21. The number of fused-ring (bicyclic) bond motifs is 2. The minimum atomic E-state index is -0.509. The van der Waals surface area contributed by atoms with E-state index in [9.17, 15) is 4.79 Å². The SMILES string of the molecule is COc1ccc2cc(C(=O)Nc3ccc4c(c3)OC3(CCCC3)O4)c(C)nc2c1. The molecule has 0 bridgehead atoms. The Morgan fingerprint density at radius 2 is 1.86 bits per heavy atom. The van der Waals surface area contributed by atoms with E-state index in [4.69, 9.17) is 14.2 Å². The fourth-order valence-corrected chi connectivity index (χ4v) is 4.09. The first-order valence-electron chi connectivity index (χ1n) is 9.84. The Morgan fingerprint density at radius 3 is 2.66 bits per heavy atom. The maximum atomic E-state index is 12.9. The number of methoxy groups -OCH3 is 1. The van der Waals surface area contributed by atoms with E-state index in [1.165, 1.54) is 0 Å². The van der Waals surface area contributed by atoms with E-state index in [2.05, 4.69) is 10.3 Å². The van der Waals surface area contributed by atoms with Crippen LogP contribution in [0.1, 0.15) is 41.7 Å². The van der Waals surface area contributed by atoms with Crippen LogP contribution in [-0.2, 0) is 0 Å². The van der Waals surface area contributed by atoms with Gasteiger partial charge in [-0.2, -0.15) is 0 Å².